The first-order valence-corrected chi connectivity index (χ1v) is 10.4. The normalized spacial score (nSPS) is 12.4. The third-order valence-electron chi connectivity index (χ3n) is 5.01. The van der Waals surface area contributed by atoms with E-state index in [1.807, 2.05) is 84.9 Å². The Hall–Kier alpha value is -3.92. The van der Waals surface area contributed by atoms with Crippen LogP contribution in [0.1, 0.15) is 24.0 Å². The van der Waals surface area contributed by atoms with Crippen LogP contribution in [0.3, 0.4) is 0 Å². The van der Waals surface area contributed by atoms with Crippen molar-refractivity contribution in [3.63, 3.8) is 0 Å². The molecule has 4 nitrogen and oxygen atoms in total. The lowest BCUT2D eigenvalue weighted by Gasteiger charge is -2.12. The van der Waals surface area contributed by atoms with Gasteiger partial charge in [-0.25, -0.2) is 0 Å². The van der Waals surface area contributed by atoms with Crippen LogP contribution >= 0.6 is 0 Å². The molecular weight excluding hydrogens is 380 g/mol. The van der Waals surface area contributed by atoms with Crippen LogP contribution < -0.4 is 0 Å². The van der Waals surface area contributed by atoms with Crippen LogP contribution in [0.25, 0.3) is 0 Å². The molecule has 31 heavy (non-hydrogen) atoms. The molecule has 0 aromatic heterocycles. The molecule has 0 saturated carbocycles. The van der Waals surface area contributed by atoms with Crippen molar-refractivity contribution in [1.82, 2.24) is 0 Å². The standard InChI is InChI=1S/C27H24N4/c1-21(23-14-18-27(19-15-23)31-29-25-10-6-3-7-11-25)20-22-12-16-26(17-13-22)30-28-24-8-4-2-5-9-24/h2-19,21H,20H2,1H3. The molecule has 4 aromatic rings. The molecule has 4 heteroatoms. The summed E-state index contributed by atoms with van der Waals surface area (Å²) in [5.41, 5.74) is 5.98. The maximum absolute atomic E-state index is 4.32. The topological polar surface area (TPSA) is 49.4 Å². The van der Waals surface area contributed by atoms with Crippen LogP contribution in [0, 0.1) is 0 Å². The first kappa shape index (κ1) is 20.4. The molecule has 0 fully saturated rings. The lowest BCUT2D eigenvalue weighted by Crippen LogP contribution is -1.97. The van der Waals surface area contributed by atoms with E-state index in [1.54, 1.807) is 0 Å². The maximum atomic E-state index is 4.32. The average molecular weight is 405 g/mol. The molecule has 0 bridgehead atoms. The second-order valence-electron chi connectivity index (χ2n) is 7.43. The fourth-order valence-corrected chi connectivity index (χ4v) is 3.26. The van der Waals surface area contributed by atoms with Gasteiger partial charge in [-0.1, -0.05) is 67.6 Å². The van der Waals surface area contributed by atoms with E-state index >= 15 is 0 Å². The number of benzene rings is 4. The summed E-state index contributed by atoms with van der Waals surface area (Å²) in [6.45, 7) is 2.24. The smallest absolute Gasteiger partial charge is 0.0857 e. The van der Waals surface area contributed by atoms with E-state index in [0.717, 1.165) is 29.2 Å². The van der Waals surface area contributed by atoms with Gasteiger partial charge < -0.3 is 0 Å². The molecule has 0 spiro atoms. The molecule has 1 unspecified atom stereocenters. The zero-order valence-electron chi connectivity index (χ0n) is 17.5. The van der Waals surface area contributed by atoms with E-state index in [-0.39, 0.29) is 0 Å². The van der Waals surface area contributed by atoms with E-state index < -0.39 is 0 Å². The first-order chi connectivity index (χ1) is 15.3. The summed E-state index contributed by atoms with van der Waals surface area (Å²) in [5, 5.41) is 17.2. The molecule has 0 aliphatic heterocycles. The fourth-order valence-electron chi connectivity index (χ4n) is 3.26. The monoisotopic (exact) mass is 404 g/mol. The van der Waals surface area contributed by atoms with Gasteiger partial charge in [0.15, 0.2) is 0 Å². The summed E-state index contributed by atoms with van der Waals surface area (Å²) in [6.07, 6.45) is 0.959. The van der Waals surface area contributed by atoms with Crippen molar-refractivity contribution in [3.8, 4) is 0 Å². The highest BCUT2D eigenvalue weighted by molar-refractivity contribution is 5.43. The van der Waals surface area contributed by atoms with Gasteiger partial charge in [0.05, 0.1) is 22.7 Å². The SMILES string of the molecule is CC(Cc1ccc(N=Nc2ccccc2)cc1)c1ccc(N=Nc2ccccc2)cc1. The van der Waals surface area contributed by atoms with Gasteiger partial charge >= 0.3 is 0 Å². The highest BCUT2D eigenvalue weighted by atomic mass is 15.1. The van der Waals surface area contributed by atoms with Crippen molar-refractivity contribution >= 4 is 22.7 Å². The van der Waals surface area contributed by atoms with Crippen molar-refractivity contribution in [3.05, 3.63) is 120 Å². The Kier molecular flexibility index (Phi) is 6.71. The van der Waals surface area contributed by atoms with Gasteiger partial charge in [0, 0.05) is 0 Å². The zero-order valence-corrected chi connectivity index (χ0v) is 17.5. The Labute approximate surface area is 183 Å². The fraction of sp³-hybridized carbons (Fsp3) is 0.111. The van der Waals surface area contributed by atoms with E-state index in [0.29, 0.717) is 5.92 Å². The van der Waals surface area contributed by atoms with Gasteiger partial charge in [0.2, 0.25) is 0 Å². The highest BCUT2D eigenvalue weighted by Gasteiger charge is 2.07. The van der Waals surface area contributed by atoms with E-state index in [2.05, 4.69) is 51.6 Å². The third kappa shape index (κ3) is 6.03. The van der Waals surface area contributed by atoms with Crippen molar-refractivity contribution in [2.45, 2.75) is 19.3 Å². The Morgan fingerprint density at radius 2 is 0.871 bits per heavy atom. The minimum absolute atomic E-state index is 0.400. The maximum Gasteiger partial charge on any atom is 0.0857 e. The lowest BCUT2D eigenvalue weighted by molar-refractivity contribution is 0.759. The molecule has 152 valence electrons. The van der Waals surface area contributed by atoms with E-state index in [4.69, 9.17) is 0 Å². The summed E-state index contributed by atoms with van der Waals surface area (Å²) in [4.78, 5) is 0. The minimum atomic E-state index is 0.400. The summed E-state index contributed by atoms with van der Waals surface area (Å²) >= 11 is 0. The van der Waals surface area contributed by atoms with Gasteiger partial charge in [-0.2, -0.15) is 20.5 Å². The summed E-state index contributed by atoms with van der Waals surface area (Å²) in [7, 11) is 0. The molecule has 0 radical (unpaired) electrons. The number of azo groups is 2. The van der Waals surface area contributed by atoms with Gasteiger partial charge in [-0.3, -0.25) is 0 Å². The Morgan fingerprint density at radius 1 is 0.484 bits per heavy atom. The second-order valence-corrected chi connectivity index (χ2v) is 7.43. The highest BCUT2D eigenvalue weighted by Crippen LogP contribution is 2.25. The number of hydrogen-bond donors (Lipinski definition) is 0. The Balaban J connectivity index is 1.35. The lowest BCUT2D eigenvalue weighted by atomic mass is 9.93. The van der Waals surface area contributed by atoms with Crippen LogP contribution in [0.15, 0.2) is 130 Å². The summed E-state index contributed by atoms with van der Waals surface area (Å²) < 4.78 is 0. The van der Waals surface area contributed by atoms with Crippen LogP contribution in [-0.2, 0) is 6.42 Å². The molecule has 0 amide bonds. The molecule has 4 aromatic carbocycles. The average Bonchev–Trinajstić information content (AvgIpc) is 2.84. The Bertz CT molecular complexity index is 1130. The Morgan fingerprint density at radius 3 is 1.32 bits per heavy atom. The summed E-state index contributed by atoms with van der Waals surface area (Å²) in [5.74, 6) is 0.400. The van der Waals surface area contributed by atoms with E-state index in [9.17, 15) is 0 Å². The second kappa shape index (κ2) is 10.2. The van der Waals surface area contributed by atoms with Gasteiger partial charge in [0.25, 0.3) is 0 Å². The summed E-state index contributed by atoms with van der Waals surface area (Å²) in [6, 6.07) is 36.1. The zero-order chi connectivity index (χ0) is 21.3. The van der Waals surface area contributed by atoms with Crippen molar-refractivity contribution in [1.29, 1.82) is 0 Å². The molecule has 0 saturated heterocycles. The van der Waals surface area contributed by atoms with Gasteiger partial charge in [-0.05, 0) is 72.0 Å². The van der Waals surface area contributed by atoms with Crippen LogP contribution in [-0.4, -0.2) is 0 Å². The predicted octanol–water partition coefficient (Wildman–Crippen LogP) is 8.86. The molecule has 0 N–H and O–H groups in total. The van der Waals surface area contributed by atoms with Gasteiger partial charge in [-0.15, -0.1) is 0 Å². The van der Waals surface area contributed by atoms with Crippen molar-refractivity contribution in [2.24, 2.45) is 20.5 Å². The molecule has 0 aliphatic rings. The van der Waals surface area contributed by atoms with Crippen LogP contribution in [0.5, 0.6) is 0 Å². The molecule has 0 aliphatic carbocycles. The van der Waals surface area contributed by atoms with Crippen LogP contribution in [0.4, 0.5) is 22.7 Å². The number of nitrogens with zero attached hydrogens (tertiary/aromatic N) is 4. The van der Waals surface area contributed by atoms with Crippen molar-refractivity contribution in [2.75, 3.05) is 0 Å². The van der Waals surface area contributed by atoms with Crippen LogP contribution in [0.2, 0.25) is 0 Å². The quantitative estimate of drug-likeness (QED) is 0.276. The van der Waals surface area contributed by atoms with Crippen molar-refractivity contribution < 1.29 is 0 Å². The minimum Gasteiger partial charge on any atom is -0.151 e. The third-order valence-corrected chi connectivity index (χ3v) is 5.01. The first-order valence-electron chi connectivity index (χ1n) is 10.4. The molecule has 4 rings (SSSR count). The van der Waals surface area contributed by atoms with Gasteiger partial charge in [0.1, 0.15) is 0 Å². The van der Waals surface area contributed by atoms with E-state index in [1.165, 1.54) is 11.1 Å². The number of rotatable bonds is 7. The predicted molar refractivity (Wildman–Crippen MR) is 126 cm³/mol. The molecule has 1 atom stereocenters. The largest absolute Gasteiger partial charge is 0.151 e. The number of hydrogen-bond acceptors (Lipinski definition) is 4. The molecule has 0 heterocycles. The molecular formula is C27H24N4.